The largest absolute Gasteiger partial charge is 0.491 e. The topological polar surface area (TPSA) is 72.7 Å². The molecule has 2 aromatic carbocycles. The van der Waals surface area contributed by atoms with Gasteiger partial charge in [-0.15, -0.1) is 0 Å². The second kappa shape index (κ2) is 11.1. The van der Waals surface area contributed by atoms with Crippen LogP contribution >= 0.6 is 0 Å². The van der Waals surface area contributed by atoms with Gasteiger partial charge in [-0.1, -0.05) is 37.0 Å². The number of esters is 1. The Morgan fingerprint density at radius 1 is 1.12 bits per heavy atom. The van der Waals surface area contributed by atoms with Crippen molar-refractivity contribution in [3.05, 3.63) is 59.3 Å². The van der Waals surface area contributed by atoms with E-state index in [0.29, 0.717) is 30.5 Å². The number of aliphatic hydroxyl groups is 1. The van der Waals surface area contributed by atoms with Crippen molar-refractivity contribution >= 4 is 16.9 Å². The van der Waals surface area contributed by atoms with E-state index in [4.69, 9.17) is 9.47 Å². The highest BCUT2D eigenvalue weighted by atomic mass is 16.5. The summed E-state index contributed by atoms with van der Waals surface area (Å²) in [6.07, 6.45) is 5.59. The third-order valence-corrected chi connectivity index (χ3v) is 6.64. The Morgan fingerprint density at radius 2 is 1.85 bits per heavy atom. The zero-order valence-corrected chi connectivity index (χ0v) is 20.5. The smallest absolute Gasteiger partial charge is 0.340 e. The molecule has 1 heterocycles. The lowest BCUT2D eigenvalue weighted by molar-refractivity contribution is 0.0527. The fourth-order valence-corrected chi connectivity index (χ4v) is 4.84. The third-order valence-electron chi connectivity index (χ3n) is 6.64. The number of nitrogens with one attached hydrogen (secondary N) is 1. The Balaban J connectivity index is 1.55. The Bertz CT molecular complexity index is 1110. The van der Waals surface area contributed by atoms with Gasteiger partial charge in [0.2, 0.25) is 0 Å². The molecule has 34 heavy (non-hydrogen) atoms. The van der Waals surface area contributed by atoms with E-state index in [9.17, 15) is 9.90 Å². The summed E-state index contributed by atoms with van der Waals surface area (Å²) < 4.78 is 13.4. The summed E-state index contributed by atoms with van der Waals surface area (Å²) in [4.78, 5) is 12.9. The number of aliphatic hydroxyl groups excluding tert-OH is 1. The van der Waals surface area contributed by atoms with Gasteiger partial charge in [0.25, 0.3) is 0 Å². The van der Waals surface area contributed by atoms with Gasteiger partial charge in [0.1, 0.15) is 18.5 Å². The van der Waals surface area contributed by atoms with Crippen molar-refractivity contribution in [2.24, 2.45) is 0 Å². The average molecular weight is 465 g/mol. The second-order valence-corrected chi connectivity index (χ2v) is 9.24. The normalized spacial score (nSPS) is 15.4. The molecule has 3 aromatic rings. The molecule has 0 amide bonds. The molecule has 2 N–H and O–H groups in total. The number of aryl methyl sites for hydroxylation is 1. The number of aromatic nitrogens is 1. The summed E-state index contributed by atoms with van der Waals surface area (Å²) >= 11 is 0. The lowest BCUT2D eigenvalue weighted by Gasteiger charge is -2.24. The highest BCUT2D eigenvalue weighted by Gasteiger charge is 2.23. The summed E-state index contributed by atoms with van der Waals surface area (Å²) in [5.41, 5.74) is 4.45. The van der Waals surface area contributed by atoms with E-state index in [0.717, 1.165) is 22.3 Å². The molecule has 6 heteroatoms. The predicted molar refractivity (Wildman–Crippen MR) is 135 cm³/mol. The maximum absolute atomic E-state index is 12.9. The van der Waals surface area contributed by atoms with Gasteiger partial charge < -0.3 is 24.5 Å². The van der Waals surface area contributed by atoms with Gasteiger partial charge in [-0.25, -0.2) is 4.79 Å². The van der Waals surface area contributed by atoms with Crippen LogP contribution in [-0.2, 0) is 4.74 Å². The molecule has 1 aromatic heterocycles. The van der Waals surface area contributed by atoms with Crippen LogP contribution in [0, 0.1) is 13.8 Å². The minimum absolute atomic E-state index is 0.192. The first-order valence-electron chi connectivity index (χ1n) is 12.4. The van der Waals surface area contributed by atoms with Crippen molar-refractivity contribution in [2.75, 3.05) is 19.8 Å². The van der Waals surface area contributed by atoms with Crippen molar-refractivity contribution in [3.8, 4) is 11.4 Å². The van der Waals surface area contributed by atoms with Crippen LogP contribution in [0.3, 0.4) is 0 Å². The lowest BCUT2D eigenvalue weighted by atomic mass is 9.95. The number of ether oxygens (including phenoxy) is 2. The molecular formula is C28H36N2O4. The van der Waals surface area contributed by atoms with Crippen LogP contribution in [0.1, 0.15) is 60.6 Å². The molecule has 4 rings (SSSR count). The predicted octanol–water partition coefficient (Wildman–Crippen LogP) is 5.09. The molecule has 6 nitrogen and oxygen atoms in total. The number of carbonyl (C=O) groups is 1. The Morgan fingerprint density at radius 3 is 2.56 bits per heavy atom. The summed E-state index contributed by atoms with van der Waals surface area (Å²) in [5, 5.41) is 14.7. The number of carbonyl (C=O) groups excluding carboxylic acids is 1. The molecule has 0 aliphatic heterocycles. The number of hydrogen-bond acceptors (Lipinski definition) is 5. The standard InChI is InChI=1S/C28H36N2O4/c1-4-33-28(32)27-20(3)30(22-12-10-19(2)11-13-22)26-15-14-24(16-25(26)27)34-18-23(31)17-29-21-8-6-5-7-9-21/h10-16,21,23,29,31H,4-9,17-18H2,1-3H3/t23-/m1/s1. The highest BCUT2D eigenvalue weighted by Crippen LogP contribution is 2.33. The van der Waals surface area contributed by atoms with Crippen LogP contribution in [0.2, 0.25) is 0 Å². The Kier molecular flexibility index (Phi) is 7.91. The first-order valence-corrected chi connectivity index (χ1v) is 12.4. The lowest BCUT2D eigenvalue weighted by Crippen LogP contribution is -2.38. The van der Waals surface area contributed by atoms with Crippen molar-refractivity contribution in [2.45, 2.75) is 65.0 Å². The van der Waals surface area contributed by atoms with E-state index in [-0.39, 0.29) is 12.6 Å². The highest BCUT2D eigenvalue weighted by molar-refractivity contribution is 6.07. The van der Waals surface area contributed by atoms with E-state index in [1.165, 1.54) is 37.7 Å². The van der Waals surface area contributed by atoms with Crippen molar-refractivity contribution in [3.63, 3.8) is 0 Å². The molecule has 1 fully saturated rings. The van der Waals surface area contributed by atoms with Gasteiger partial charge in [0, 0.05) is 29.4 Å². The molecule has 182 valence electrons. The van der Waals surface area contributed by atoms with Gasteiger partial charge in [-0.05, 0) is 63.9 Å². The number of nitrogens with zero attached hydrogens (tertiary/aromatic N) is 1. The van der Waals surface area contributed by atoms with E-state index in [1.54, 1.807) is 0 Å². The number of benzene rings is 2. The first-order chi connectivity index (χ1) is 16.5. The zero-order chi connectivity index (χ0) is 24.1. The number of hydrogen-bond donors (Lipinski definition) is 2. The monoisotopic (exact) mass is 464 g/mol. The minimum atomic E-state index is -0.596. The van der Waals surface area contributed by atoms with Crippen LogP contribution in [0.15, 0.2) is 42.5 Å². The van der Waals surface area contributed by atoms with Gasteiger partial charge in [-0.2, -0.15) is 0 Å². The fraction of sp³-hybridized carbons (Fsp3) is 0.464. The molecule has 0 spiro atoms. The fourth-order valence-electron chi connectivity index (χ4n) is 4.84. The molecule has 1 aliphatic carbocycles. The average Bonchev–Trinajstić information content (AvgIpc) is 3.14. The molecule has 0 radical (unpaired) electrons. The van der Waals surface area contributed by atoms with Crippen LogP contribution in [0.5, 0.6) is 5.75 Å². The number of fused-ring (bicyclic) bond motifs is 1. The van der Waals surface area contributed by atoms with E-state index < -0.39 is 6.10 Å². The molecule has 0 bridgehead atoms. The van der Waals surface area contributed by atoms with E-state index in [2.05, 4.69) is 41.1 Å². The molecule has 0 unspecified atom stereocenters. The van der Waals surface area contributed by atoms with Crippen LogP contribution in [-0.4, -0.2) is 47.5 Å². The van der Waals surface area contributed by atoms with Crippen LogP contribution in [0.4, 0.5) is 0 Å². The maximum atomic E-state index is 12.9. The second-order valence-electron chi connectivity index (χ2n) is 9.24. The van der Waals surface area contributed by atoms with Crippen molar-refractivity contribution < 1.29 is 19.4 Å². The minimum Gasteiger partial charge on any atom is -0.491 e. The zero-order valence-electron chi connectivity index (χ0n) is 20.5. The summed E-state index contributed by atoms with van der Waals surface area (Å²) in [7, 11) is 0. The quantitative estimate of drug-likeness (QED) is 0.432. The first kappa shape index (κ1) is 24.3. The maximum Gasteiger partial charge on any atom is 0.340 e. The van der Waals surface area contributed by atoms with Crippen molar-refractivity contribution in [1.82, 2.24) is 9.88 Å². The molecule has 1 saturated carbocycles. The van der Waals surface area contributed by atoms with Gasteiger partial charge >= 0.3 is 5.97 Å². The summed E-state index contributed by atoms with van der Waals surface area (Å²) in [5.74, 6) is 0.278. The van der Waals surface area contributed by atoms with E-state index >= 15 is 0 Å². The molecule has 0 saturated heterocycles. The third kappa shape index (κ3) is 5.45. The Labute approximate surface area is 201 Å². The number of rotatable bonds is 9. The van der Waals surface area contributed by atoms with Crippen molar-refractivity contribution in [1.29, 1.82) is 0 Å². The molecule has 1 atom stereocenters. The van der Waals surface area contributed by atoms with Crippen LogP contribution < -0.4 is 10.1 Å². The summed E-state index contributed by atoms with van der Waals surface area (Å²) in [6.45, 7) is 6.82. The molecular weight excluding hydrogens is 428 g/mol. The van der Waals surface area contributed by atoms with E-state index in [1.807, 2.05) is 32.0 Å². The SMILES string of the molecule is CCOC(=O)c1c(C)n(-c2ccc(C)cc2)c2ccc(OC[C@H](O)CNC3CCCCC3)cc12. The molecule has 1 aliphatic rings. The Hall–Kier alpha value is -2.83. The van der Waals surface area contributed by atoms with Crippen LogP contribution in [0.25, 0.3) is 16.6 Å². The van der Waals surface area contributed by atoms with Gasteiger partial charge in [-0.3, -0.25) is 0 Å². The van der Waals surface area contributed by atoms with Gasteiger partial charge in [0.15, 0.2) is 0 Å². The van der Waals surface area contributed by atoms with Gasteiger partial charge in [0.05, 0.1) is 17.7 Å². The summed E-state index contributed by atoms with van der Waals surface area (Å²) in [6, 6.07) is 14.5.